The third-order valence-corrected chi connectivity index (χ3v) is 5.33. The topological polar surface area (TPSA) is 40.6 Å². The Morgan fingerprint density at radius 2 is 1.91 bits per heavy atom. The molecular weight excluding hydrogens is 288 g/mol. The number of carbonyl (C=O) groups excluding carboxylic acids is 2. The number of hydrogen-bond acceptors (Lipinski definition) is 2. The van der Waals surface area contributed by atoms with E-state index in [9.17, 15) is 9.59 Å². The highest BCUT2D eigenvalue weighted by Crippen LogP contribution is 2.40. The zero-order valence-corrected chi connectivity index (χ0v) is 14.2. The zero-order chi connectivity index (χ0) is 16.4. The fourth-order valence-corrected chi connectivity index (χ4v) is 3.98. The number of hydrogen-bond donors (Lipinski definition) is 0. The van der Waals surface area contributed by atoms with Crippen molar-refractivity contribution < 1.29 is 9.59 Å². The van der Waals surface area contributed by atoms with Gasteiger partial charge in [-0.2, -0.15) is 0 Å². The van der Waals surface area contributed by atoms with Crippen molar-refractivity contribution in [3.05, 3.63) is 35.4 Å². The fraction of sp³-hybridized carbons (Fsp3) is 0.579. The molecule has 0 bridgehead atoms. The molecule has 124 valence electrons. The second-order valence-corrected chi connectivity index (χ2v) is 7.03. The van der Waals surface area contributed by atoms with Gasteiger partial charge in [-0.25, -0.2) is 0 Å². The van der Waals surface area contributed by atoms with Gasteiger partial charge < -0.3 is 9.80 Å². The van der Waals surface area contributed by atoms with Crippen molar-refractivity contribution in [3.63, 3.8) is 0 Å². The summed E-state index contributed by atoms with van der Waals surface area (Å²) in [5.41, 5.74) is 1.68. The summed E-state index contributed by atoms with van der Waals surface area (Å²) in [4.78, 5) is 29.0. The van der Waals surface area contributed by atoms with Crippen molar-refractivity contribution in [1.82, 2.24) is 9.80 Å². The number of amides is 2. The first-order valence-corrected chi connectivity index (χ1v) is 8.69. The Kier molecular flexibility index (Phi) is 4.42. The van der Waals surface area contributed by atoms with Crippen LogP contribution in [0.25, 0.3) is 0 Å². The first-order chi connectivity index (χ1) is 11.1. The van der Waals surface area contributed by atoms with Crippen molar-refractivity contribution in [2.75, 3.05) is 26.7 Å². The van der Waals surface area contributed by atoms with Crippen LogP contribution in [0.3, 0.4) is 0 Å². The molecule has 0 aliphatic carbocycles. The Balaban J connectivity index is 1.71. The van der Waals surface area contributed by atoms with Crippen LogP contribution in [0.2, 0.25) is 0 Å². The number of carbonyl (C=O) groups is 2. The Morgan fingerprint density at radius 3 is 2.61 bits per heavy atom. The van der Waals surface area contributed by atoms with E-state index >= 15 is 0 Å². The van der Waals surface area contributed by atoms with E-state index in [1.165, 1.54) is 5.56 Å². The molecule has 4 nitrogen and oxygen atoms in total. The molecule has 2 aliphatic heterocycles. The maximum atomic E-state index is 12.7. The van der Waals surface area contributed by atoms with Crippen LogP contribution in [0, 0.1) is 5.41 Å². The smallest absolute Gasteiger partial charge is 0.253 e. The van der Waals surface area contributed by atoms with Crippen LogP contribution in [0.1, 0.15) is 48.5 Å². The highest BCUT2D eigenvalue weighted by Gasteiger charge is 2.48. The Bertz CT molecular complexity index is 596. The average Bonchev–Trinajstić information content (AvgIpc) is 2.98. The second-order valence-electron chi connectivity index (χ2n) is 7.03. The van der Waals surface area contributed by atoms with E-state index < -0.39 is 0 Å². The highest BCUT2D eigenvalue weighted by molar-refractivity contribution is 5.95. The van der Waals surface area contributed by atoms with E-state index in [0.717, 1.165) is 44.2 Å². The minimum absolute atomic E-state index is 0.0611. The van der Waals surface area contributed by atoms with Gasteiger partial charge >= 0.3 is 0 Å². The predicted molar refractivity (Wildman–Crippen MR) is 90.3 cm³/mol. The predicted octanol–water partition coefficient (Wildman–Crippen LogP) is 2.72. The number of aryl methyl sites for hydroxylation is 1. The van der Waals surface area contributed by atoms with Gasteiger partial charge in [0.05, 0.1) is 5.41 Å². The minimum Gasteiger partial charge on any atom is -0.345 e. The quantitative estimate of drug-likeness (QED) is 0.861. The molecule has 1 aromatic carbocycles. The molecule has 1 spiro atoms. The average molecular weight is 314 g/mol. The molecule has 0 N–H and O–H groups in total. The molecule has 2 saturated heterocycles. The van der Waals surface area contributed by atoms with E-state index in [0.29, 0.717) is 13.1 Å². The number of nitrogens with zero attached hydrogens (tertiary/aromatic N) is 2. The molecule has 2 aliphatic rings. The van der Waals surface area contributed by atoms with Crippen molar-refractivity contribution in [1.29, 1.82) is 0 Å². The van der Waals surface area contributed by atoms with Crippen LogP contribution in [0.4, 0.5) is 0 Å². The lowest BCUT2D eigenvalue weighted by Gasteiger charge is -2.37. The monoisotopic (exact) mass is 314 g/mol. The third kappa shape index (κ3) is 2.99. The molecule has 1 aromatic rings. The van der Waals surface area contributed by atoms with Crippen LogP contribution < -0.4 is 0 Å². The normalized spacial score (nSPS) is 24.5. The van der Waals surface area contributed by atoms with Gasteiger partial charge in [0.25, 0.3) is 5.91 Å². The molecule has 2 fully saturated rings. The molecule has 0 unspecified atom stereocenters. The van der Waals surface area contributed by atoms with Gasteiger partial charge in [-0.1, -0.05) is 25.5 Å². The van der Waals surface area contributed by atoms with Gasteiger partial charge in [-0.05, 0) is 43.4 Å². The summed E-state index contributed by atoms with van der Waals surface area (Å²) in [6.07, 6.45) is 4.90. The van der Waals surface area contributed by atoms with Crippen molar-refractivity contribution in [2.24, 2.45) is 5.41 Å². The SMILES string of the molecule is CCCc1ccc(C(=O)N2CC[C@]3(CCCN(C)C3=O)C2)cc1. The summed E-state index contributed by atoms with van der Waals surface area (Å²) in [7, 11) is 1.88. The summed E-state index contributed by atoms with van der Waals surface area (Å²) in [5, 5.41) is 0. The minimum atomic E-state index is -0.329. The molecule has 2 amide bonds. The molecule has 3 rings (SSSR count). The van der Waals surface area contributed by atoms with Gasteiger partial charge in [-0.15, -0.1) is 0 Å². The highest BCUT2D eigenvalue weighted by atomic mass is 16.2. The van der Waals surface area contributed by atoms with E-state index in [2.05, 4.69) is 6.92 Å². The van der Waals surface area contributed by atoms with E-state index in [1.807, 2.05) is 41.1 Å². The van der Waals surface area contributed by atoms with Crippen LogP contribution in [0.5, 0.6) is 0 Å². The lowest BCUT2D eigenvalue weighted by atomic mass is 9.78. The summed E-state index contributed by atoms with van der Waals surface area (Å²) in [5.74, 6) is 0.281. The maximum Gasteiger partial charge on any atom is 0.253 e. The van der Waals surface area contributed by atoms with Crippen molar-refractivity contribution in [3.8, 4) is 0 Å². The number of benzene rings is 1. The van der Waals surface area contributed by atoms with Crippen molar-refractivity contribution >= 4 is 11.8 Å². The molecule has 0 radical (unpaired) electrons. The van der Waals surface area contributed by atoms with Crippen LogP contribution in [0.15, 0.2) is 24.3 Å². The Hall–Kier alpha value is -1.84. The number of likely N-dealkylation sites (tertiary alicyclic amines) is 2. The standard InChI is InChI=1S/C19H26N2O2/c1-3-5-15-6-8-16(9-7-15)17(22)21-13-11-19(14-21)10-4-12-20(2)18(19)23/h6-9H,3-5,10-14H2,1-2H3/t19-/m1/s1. The van der Waals surface area contributed by atoms with Gasteiger partial charge in [-0.3, -0.25) is 9.59 Å². The largest absolute Gasteiger partial charge is 0.345 e. The molecule has 1 atom stereocenters. The number of rotatable bonds is 3. The molecular formula is C19H26N2O2. The maximum absolute atomic E-state index is 12.7. The van der Waals surface area contributed by atoms with Crippen LogP contribution in [-0.2, 0) is 11.2 Å². The molecule has 0 aromatic heterocycles. The van der Waals surface area contributed by atoms with Gasteiger partial charge in [0.15, 0.2) is 0 Å². The lowest BCUT2D eigenvalue weighted by Crippen LogP contribution is -2.48. The van der Waals surface area contributed by atoms with Crippen LogP contribution >= 0.6 is 0 Å². The van der Waals surface area contributed by atoms with E-state index in [4.69, 9.17) is 0 Å². The molecule has 23 heavy (non-hydrogen) atoms. The Labute approximate surface area is 138 Å². The third-order valence-electron chi connectivity index (χ3n) is 5.33. The van der Waals surface area contributed by atoms with E-state index in [-0.39, 0.29) is 17.2 Å². The molecule has 2 heterocycles. The van der Waals surface area contributed by atoms with Crippen LogP contribution in [-0.4, -0.2) is 48.3 Å². The Morgan fingerprint density at radius 1 is 1.17 bits per heavy atom. The first-order valence-electron chi connectivity index (χ1n) is 8.69. The summed E-state index contributed by atoms with van der Waals surface area (Å²) < 4.78 is 0. The lowest BCUT2D eigenvalue weighted by molar-refractivity contribution is -0.143. The van der Waals surface area contributed by atoms with Gasteiger partial charge in [0, 0.05) is 32.2 Å². The summed E-state index contributed by atoms with van der Waals surface area (Å²) >= 11 is 0. The summed E-state index contributed by atoms with van der Waals surface area (Å²) in [6, 6.07) is 7.94. The van der Waals surface area contributed by atoms with E-state index in [1.54, 1.807) is 0 Å². The van der Waals surface area contributed by atoms with Gasteiger partial charge in [0.2, 0.25) is 5.91 Å². The molecule has 0 saturated carbocycles. The number of piperidine rings is 1. The second kappa shape index (κ2) is 6.34. The first kappa shape index (κ1) is 16.0. The van der Waals surface area contributed by atoms with Crippen molar-refractivity contribution in [2.45, 2.75) is 39.0 Å². The fourth-order valence-electron chi connectivity index (χ4n) is 3.98. The summed E-state index contributed by atoms with van der Waals surface area (Å²) in [6.45, 7) is 4.26. The molecule has 4 heteroatoms. The van der Waals surface area contributed by atoms with Gasteiger partial charge in [0.1, 0.15) is 0 Å². The zero-order valence-electron chi connectivity index (χ0n) is 14.2.